The van der Waals surface area contributed by atoms with Gasteiger partial charge in [0.15, 0.2) is 0 Å². The van der Waals surface area contributed by atoms with Gasteiger partial charge >= 0.3 is 0 Å². The molecule has 0 aliphatic heterocycles. The largest absolute Gasteiger partial charge is 0.245 e. The van der Waals surface area contributed by atoms with E-state index in [4.69, 9.17) is 0 Å². The van der Waals surface area contributed by atoms with Gasteiger partial charge in [0.1, 0.15) is 0 Å². The predicted octanol–water partition coefficient (Wildman–Crippen LogP) is 13.0. The van der Waals surface area contributed by atoms with E-state index < -0.39 is 0 Å². The molecule has 4 unspecified atom stereocenters. The zero-order valence-electron chi connectivity index (χ0n) is 26.2. The van der Waals surface area contributed by atoms with Crippen LogP contribution in [0.4, 0.5) is 0 Å². The van der Waals surface area contributed by atoms with Crippen LogP contribution < -0.4 is 0 Å². The Morgan fingerprint density at radius 3 is 1.14 bits per heavy atom. The smallest absolute Gasteiger partial charge is 0.0857 e. The van der Waals surface area contributed by atoms with Gasteiger partial charge in [0, 0.05) is 0 Å². The highest BCUT2D eigenvalue weighted by Gasteiger charge is 2.23. The fraction of sp³-hybridized carbons (Fsp3) is 1.00. The Bertz CT molecular complexity index is 431. The van der Waals surface area contributed by atoms with Crippen molar-refractivity contribution in [3.8, 4) is 0 Å². The van der Waals surface area contributed by atoms with Crippen molar-refractivity contribution in [3.05, 3.63) is 0 Å². The summed E-state index contributed by atoms with van der Waals surface area (Å²) in [4.78, 5) is 0. The normalized spacial score (nSPS) is 26.3. The van der Waals surface area contributed by atoms with Gasteiger partial charge in [-0.05, 0) is 11.8 Å². The fourth-order valence-electron chi connectivity index (χ4n) is 8.00. The zero-order chi connectivity index (χ0) is 26.2. The minimum absolute atomic E-state index is 0.119. The molecule has 0 N–H and O–H groups in total. The molecule has 2 fully saturated rings. The second-order valence-electron chi connectivity index (χ2n) is 14.0. The first kappa shape index (κ1) is 33.7. The van der Waals surface area contributed by atoms with Crippen LogP contribution in [-0.4, -0.2) is 15.2 Å². The topological polar surface area (TPSA) is 0 Å². The van der Waals surface area contributed by atoms with Gasteiger partial charge in [-0.3, -0.25) is 0 Å². The third-order valence-corrected chi connectivity index (χ3v) is 13.5. The Hall–Kier alpha value is 0.532. The summed E-state index contributed by atoms with van der Waals surface area (Å²) in [5.41, 5.74) is 0. The number of rotatable bonds is 18. The van der Waals surface area contributed by atoms with Crippen molar-refractivity contribution >= 4 is 15.2 Å². The zero-order valence-corrected chi connectivity index (χ0v) is 27.6. The van der Waals surface area contributed by atoms with Crippen LogP contribution in [0.3, 0.4) is 0 Å². The van der Waals surface area contributed by atoms with Crippen molar-refractivity contribution < 1.29 is 0 Å². The maximum atomic E-state index is 2.33. The standard InChI is InChI=1S/2C18H35.Al.H/c2*1-2-3-4-5-6-9-12-15-18-16-13-10-7-8-11-14-17-18;;/h2*7,18H,2-6,8-17H2,1H3;;. The summed E-state index contributed by atoms with van der Waals surface area (Å²) in [5, 5.41) is 0. The molecule has 0 spiro atoms. The molecule has 37 heavy (non-hydrogen) atoms. The monoisotopic (exact) mass is 531 g/mol. The van der Waals surface area contributed by atoms with Crippen LogP contribution in [0.25, 0.3) is 0 Å². The lowest BCUT2D eigenvalue weighted by Gasteiger charge is -2.21. The molecule has 0 amide bonds. The first-order valence-corrected chi connectivity index (χ1v) is 19.9. The molecule has 1 heteroatoms. The lowest BCUT2D eigenvalue weighted by atomic mass is 9.91. The van der Waals surface area contributed by atoms with Crippen LogP contribution in [0.1, 0.15) is 206 Å². The minimum Gasteiger partial charge on any atom is -0.0857 e. The van der Waals surface area contributed by atoms with Crippen LogP contribution in [0.5, 0.6) is 0 Å². The molecular weight excluding hydrogens is 459 g/mol. The second kappa shape index (κ2) is 24.3. The molecule has 2 saturated carbocycles. The summed E-state index contributed by atoms with van der Waals surface area (Å²) >= 11 is 0.119. The molecule has 4 atom stereocenters. The maximum absolute atomic E-state index is 2.33. The number of unbranched alkanes of at least 4 members (excludes halogenated alkanes) is 12. The molecule has 2 aliphatic rings. The van der Waals surface area contributed by atoms with Gasteiger partial charge in [-0.15, -0.1) is 0 Å². The van der Waals surface area contributed by atoms with Crippen molar-refractivity contribution in [2.24, 2.45) is 11.8 Å². The molecule has 2 aliphatic carbocycles. The molecule has 0 aromatic carbocycles. The summed E-state index contributed by atoms with van der Waals surface area (Å²) in [6.07, 6.45) is 45.9. The molecule has 0 nitrogen and oxygen atoms in total. The summed E-state index contributed by atoms with van der Waals surface area (Å²) in [7, 11) is 0. The Balaban J connectivity index is 1.58. The molecular formula is C36H71Al. The SMILES string of the molecule is CCCCCCCCCC1CCCC[CH]([AlH][CH]2CCCCC(CCCCCCCCC)CCC2)CCC1. The second-order valence-corrected chi connectivity index (χ2v) is 16.7. The van der Waals surface area contributed by atoms with Crippen LogP contribution in [0, 0.1) is 11.8 Å². The first-order valence-electron chi connectivity index (χ1n) is 18.3. The molecule has 0 saturated heterocycles. The maximum Gasteiger partial charge on any atom is 0.245 e. The molecule has 0 heterocycles. The van der Waals surface area contributed by atoms with Crippen LogP contribution >= 0.6 is 0 Å². The van der Waals surface area contributed by atoms with Crippen molar-refractivity contribution in [2.45, 2.75) is 216 Å². The van der Waals surface area contributed by atoms with Gasteiger partial charge in [0.25, 0.3) is 0 Å². The van der Waals surface area contributed by atoms with Gasteiger partial charge in [0.05, 0.1) is 0 Å². The predicted molar refractivity (Wildman–Crippen MR) is 171 cm³/mol. The van der Waals surface area contributed by atoms with Crippen LogP contribution in [0.2, 0.25) is 9.56 Å². The van der Waals surface area contributed by atoms with E-state index in [2.05, 4.69) is 13.8 Å². The van der Waals surface area contributed by atoms with E-state index in [0.29, 0.717) is 0 Å². The third-order valence-electron chi connectivity index (χ3n) is 10.5. The molecule has 218 valence electrons. The van der Waals surface area contributed by atoms with Crippen molar-refractivity contribution in [1.82, 2.24) is 0 Å². The lowest BCUT2D eigenvalue weighted by Crippen LogP contribution is -2.12. The van der Waals surface area contributed by atoms with E-state index in [1.54, 1.807) is 103 Å². The van der Waals surface area contributed by atoms with Gasteiger partial charge < -0.3 is 0 Å². The van der Waals surface area contributed by atoms with Crippen LogP contribution in [0.15, 0.2) is 0 Å². The van der Waals surface area contributed by atoms with Crippen LogP contribution in [-0.2, 0) is 0 Å². The quantitative estimate of drug-likeness (QED) is 0.122. The molecule has 0 aromatic heterocycles. The summed E-state index contributed by atoms with van der Waals surface area (Å²) in [6, 6.07) is 0. The summed E-state index contributed by atoms with van der Waals surface area (Å²) < 4.78 is 2.40. The van der Waals surface area contributed by atoms with Crippen molar-refractivity contribution in [3.63, 3.8) is 0 Å². The average Bonchev–Trinajstić information content (AvgIpc) is 3.09. The summed E-state index contributed by atoms with van der Waals surface area (Å²) in [6.45, 7) is 4.66. The van der Waals surface area contributed by atoms with Gasteiger partial charge in [-0.1, -0.05) is 216 Å². The molecule has 2 rings (SSSR count). The highest BCUT2D eigenvalue weighted by atomic mass is 27.1. The van der Waals surface area contributed by atoms with Gasteiger partial charge in [0.2, 0.25) is 15.2 Å². The molecule has 0 aromatic rings. The van der Waals surface area contributed by atoms with E-state index in [1.165, 1.54) is 99.5 Å². The summed E-state index contributed by atoms with van der Waals surface area (Å²) in [5.74, 6) is 2.16. The number of hydrogen-bond acceptors (Lipinski definition) is 0. The van der Waals surface area contributed by atoms with E-state index in [1.807, 2.05) is 0 Å². The lowest BCUT2D eigenvalue weighted by molar-refractivity contribution is 0.381. The van der Waals surface area contributed by atoms with E-state index in [0.717, 1.165) is 11.8 Å². The fourth-order valence-corrected chi connectivity index (χ4v) is 11.0. The average molecular weight is 531 g/mol. The molecule has 0 radical (unpaired) electrons. The Kier molecular flexibility index (Phi) is 22.2. The Labute approximate surface area is 242 Å². The third kappa shape index (κ3) is 18.5. The van der Waals surface area contributed by atoms with Crippen molar-refractivity contribution in [2.75, 3.05) is 0 Å². The number of hydrogen-bond donors (Lipinski definition) is 0. The first-order chi connectivity index (χ1) is 18.3. The minimum atomic E-state index is 0.119. The van der Waals surface area contributed by atoms with Gasteiger partial charge in [-0.2, -0.15) is 0 Å². The van der Waals surface area contributed by atoms with Crippen molar-refractivity contribution in [1.29, 1.82) is 0 Å². The van der Waals surface area contributed by atoms with E-state index in [9.17, 15) is 0 Å². The highest BCUT2D eigenvalue weighted by Crippen LogP contribution is 2.36. The van der Waals surface area contributed by atoms with E-state index >= 15 is 0 Å². The van der Waals surface area contributed by atoms with E-state index in [-0.39, 0.29) is 15.2 Å². The highest BCUT2D eigenvalue weighted by molar-refractivity contribution is 6.39. The molecule has 0 bridgehead atoms. The van der Waals surface area contributed by atoms with Gasteiger partial charge in [-0.25, -0.2) is 0 Å². The Morgan fingerprint density at radius 2 is 0.703 bits per heavy atom. The Morgan fingerprint density at radius 1 is 0.378 bits per heavy atom.